The lowest BCUT2D eigenvalue weighted by molar-refractivity contribution is -0.128. The summed E-state index contributed by atoms with van der Waals surface area (Å²) in [5, 5.41) is 2.00. The highest BCUT2D eigenvalue weighted by molar-refractivity contribution is 5.95. The molecule has 1 aliphatic heterocycles. The van der Waals surface area contributed by atoms with Gasteiger partial charge in [-0.25, -0.2) is 18.0 Å². The van der Waals surface area contributed by atoms with E-state index in [1.807, 2.05) is 5.32 Å². The first-order chi connectivity index (χ1) is 13.8. The normalized spacial score (nSPS) is 13.5. The first-order valence-electron chi connectivity index (χ1n) is 8.82. The summed E-state index contributed by atoms with van der Waals surface area (Å²) in [6.07, 6.45) is 1.38. The molecule has 9 heteroatoms. The number of carbonyl (C=O) groups excluding carboxylic acids is 3. The molecule has 1 heterocycles. The van der Waals surface area contributed by atoms with Gasteiger partial charge in [-0.15, -0.1) is 0 Å². The van der Waals surface area contributed by atoms with Gasteiger partial charge in [0.15, 0.2) is 24.1 Å². The van der Waals surface area contributed by atoms with E-state index in [0.717, 1.165) is 18.1 Å². The third kappa shape index (κ3) is 4.92. The fraction of sp³-hybridized carbons (Fsp3) is 0.250. The molecule has 1 saturated heterocycles. The summed E-state index contributed by atoms with van der Waals surface area (Å²) in [4.78, 5) is 37.2. The van der Waals surface area contributed by atoms with Gasteiger partial charge in [-0.3, -0.25) is 9.59 Å². The van der Waals surface area contributed by atoms with Crippen molar-refractivity contribution in [3.63, 3.8) is 0 Å². The van der Waals surface area contributed by atoms with Crippen molar-refractivity contribution >= 4 is 23.5 Å². The third-order valence-electron chi connectivity index (χ3n) is 4.38. The Morgan fingerprint density at radius 2 is 1.76 bits per heavy atom. The van der Waals surface area contributed by atoms with E-state index in [2.05, 4.69) is 0 Å². The van der Waals surface area contributed by atoms with Crippen LogP contribution >= 0.6 is 0 Å². The fourth-order valence-electron chi connectivity index (χ4n) is 2.86. The van der Waals surface area contributed by atoms with E-state index in [1.54, 1.807) is 17.0 Å². The smallest absolute Gasteiger partial charge is 0.338 e. The van der Waals surface area contributed by atoms with Crippen LogP contribution in [0.15, 0.2) is 36.4 Å². The summed E-state index contributed by atoms with van der Waals surface area (Å²) in [7, 11) is 0. The number of anilines is 1. The van der Waals surface area contributed by atoms with E-state index in [-0.39, 0.29) is 11.5 Å². The van der Waals surface area contributed by atoms with Crippen LogP contribution in [0.1, 0.15) is 28.8 Å². The standard InChI is InChI=1S/C20H17F3N2O4/c21-14-7-8-15(19(23)18(14)22)24-16(26)11-29-20(28)13-5-3-12(4-6-13)10-25-9-1-2-17(25)27/h3-8H,1-2,9-11H2,(H,24,26). The van der Waals surface area contributed by atoms with Crippen LogP contribution in [-0.2, 0) is 20.9 Å². The van der Waals surface area contributed by atoms with Crippen LogP contribution in [0.4, 0.5) is 18.9 Å². The van der Waals surface area contributed by atoms with Crippen LogP contribution in [-0.4, -0.2) is 35.8 Å². The average molecular weight is 406 g/mol. The number of carbonyl (C=O) groups is 3. The first kappa shape index (κ1) is 20.4. The van der Waals surface area contributed by atoms with Crippen LogP contribution in [0.3, 0.4) is 0 Å². The lowest BCUT2D eigenvalue weighted by Gasteiger charge is -2.15. The molecule has 0 bridgehead atoms. The molecule has 2 aromatic rings. The fourth-order valence-corrected chi connectivity index (χ4v) is 2.86. The lowest BCUT2D eigenvalue weighted by Crippen LogP contribution is -2.24. The van der Waals surface area contributed by atoms with Gasteiger partial charge in [-0.2, -0.15) is 0 Å². The van der Waals surface area contributed by atoms with Crippen molar-refractivity contribution in [3.05, 3.63) is 65.0 Å². The van der Waals surface area contributed by atoms with Crippen molar-refractivity contribution in [2.75, 3.05) is 18.5 Å². The second kappa shape index (κ2) is 8.76. The molecule has 0 atom stereocenters. The number of hydrogen-bond acceptors (Lipinski definition) is 4. The molecule has 152 valence electrons. The molecule has 3 rings (SSSR count). The van der Waals surface area contributed by atoms with E-state index >= 15 is 0 Å². The van der Waals surface area contributed by atoms with Gasteiger partial charge in [0, 0.05) is 19.5 Å². The van der Waals surface area contributed by atoms with Crippen molar-refractivity contribution in [3.8, 4) is 0 Å². The lowest BCUT2D eigenvalue weighted by atomic mass is 10.1. The van der Waals surface area contributed by atoms with Gasteiger partial charge in [0.1, 0.15) is 0 Å². The number of esters is 1. The van der Waals surface area contributed by atoms with Crippen LogP contribution in [0, 0.1) is 17.5 Å². The molecule has 0 radical (unpaired) electrons. The van der Waals surface area contributed by atoms with E-state index < -0.39 is 41.6 Å². The SMILES string of the molecule is O=C(COC(=O)c1ccc(CN2CCCC2=O)cc1)Nc1ccc(F)c(F)c1F. The number of halogens is 3. The largest absolute Gasteiger partial charge is 0.452 e. The summed E-state index contributed by atoms with van der Waals surface area (Å²) >= 11 is 0. The molecular weight excluding hydrogens is 389 g/mol. The number of rotatable bonds is 6. The molecular formula is C20H17F3N2O4. The molecule has 0 aromatic heterocycles. The summed E-state index contributed by atoms with van der Waals surface area (Å²) in [6, 6.07) is 7.89. The predicted molar refractivity (Wildman–Crippen MR) is 96.3 cm³/mol. The summed E-state index contributed by atoms with van der Waals surface area (Å²) < 4.78 is 44.4. The number of likely N-dealkylation sites (tertiary alicyclic amines) is 1. The number of nitrogens with zero attached hydrogens (tertiary/aromatic N) is 1. The Kier molecular flexibility index (Phi) is 6.16. The van der Waals surface area contributed by atoms with Gasteiger partial charge in [-0.1, -0.05) is 12.1 Å². The van der Waals surface area contributed by atoms with Crippen LogP contribution in [0.25, 0.3) is 0 Å². The minimum absolute atomic E-state index is 0.0944. The van der Waals surface area contributed by atoms with E-state index in [9.17, 15) is 27.6 Å². The second-order valence-corrected chi connectivity index (χ2v) is 6.46. The first-order valence-corrected chi connectivity index (χ1v) is 8.82. The zero-order chi connectivity index (χ0) is 21.0. The molecule has 29 heavy (non-hydrogen) atoms. The van der Waals surface area contributed by atoms with Crippen LogP contribution in [0.5, 0.6) is 0 Å². The molecule has 0 spiro atoms. The number of ether oxygens (including phenoxy) is 1. The van der Waals surface area contributed by atoms with Gasteiger partial charge in [0.05, 0.1) is 11.3 Å². The zero-order valence-electron chi connectivity index (χ0n) is 15.2. The molecule has 0 aliphatic carbocycles. The summed E-state index contributed by atoms with van der Waals surface area (Å²) in [6.45, 7) is 0.425. The maximum absolute atomic E-state index is 13.5. The van der Waals surface area contributed by atoms with Gasteiger partial charge in [0.25, 0.3) is 5.91 Å². The quantitative estimate of drug-likeness (QED) is 0.591. The number of amides is 2. The minimum atomic E-state index is -1.71. The maximum Gasteiger partial charge on any atom is 0.338 e. The minimum Gasteiger partial charge on any atom is -0.452 e. The Morgan fingerprint density at radius 3 is 2.41 bits per heavy atom. The molecule has 2 amide bonds. The molecule has 1 aliphatic rings. The molecule has 1 N–H and O–H groups in total. The Hall–Kier alpha value is -3.36. The highest BCUT2D eigenvalue weighted by Crippen LogP contribution is 2.19. The van der Waals surface area contributed by atoms with Gasteiger partial charge in [0.2, 0.25) is 5.91 Å². The highest BCUT2D eigenvalue weighted by atomic mass is 19.2. The Balaban J connectivity index is 1.52. The molecule has 6 nitrogen and oxygen atoms in total. The molecule has 0 unspecified atom stereocenters. The summed E-state index contributed by atoms with van der Waals surface area (Å²) in [5.41, 5.74) is 0.474. The second-order valence-electron chi connectivity index (χ2n) is 6.46. The maximum atomic E-state index is 13.5. The Labute approximate surface area is 164 Å². The Bertz CT molecular complexity index is 947. The topological polar surface area (TPSA) is 75.7 Å². The van der Waals surface area contributed by atoms with Crippen molar-refractivity contribution in [2.24, 2.45) is 0 Å². The molecule has 2 aromatic carbocycles. The molecule has 1 fully saturated rings. The van der Waals surface area contributed by atoms with Crippen molar-refractivity contribution in [1.82, 2.24) is 4.90 Å². The van der Waals surface area contributed by atoms with Crippen LogP contribution in [0.2, 0.25) is 0 Å². The van der Waals surface area contributed by atoms with E-state index in [0.29, 0.717) is 25.6 Å². The van der Waals surface area contributed by atoms with Crippen molar-refractivity contribution < 1.29 is 32.3 Å². The third-order valence-corrected chi connectivity index (χ3v) is 4.38. The van der Waals surface area contributed by atoms with Crippen molar-refractivity contribution in [2.45, 2.75) is 19.4 Å². The van der Waals surface area contributed by atoms with Crippen molar-refractivity contribution in [1.29, 1.82) is 0 Å². The summed E-state index contributed by atoms with van der Waals surface area (Å²) in [5.74, 6) is -6.24. The number of benzene rings is 2. The van der Waals surface area contributed by atoms with Crippen LogP contribution < -0.4 is 5.32 Å². The van der Waals surface area contributed by atoms with E-state index in [4.69, 9.17) is 4.74 Å². The van der Waals surface area contributed by atoms with Gasteiger partial charge >= 0.3 is 5.97 Å². The van der Waals surface area contributed by atoms with Gasteiger partial charge < -0.3 is 15.0 Å². The predicted octanol–water partition coefficient (Wildman–Crippen LogP) is 3.02. The highest BCUT2D eigenvalue weighted by Gasteiger charge is 2.20. The molecule has 0 saturated carbocycles. The monoisotopic (exact) mass is 406 g/mol. The number of hydrogen-bond donors (Lipinski definition) is 1. The zero-order valence-corrected chi connectivity index (χ0v) is 15.2. The van der Waals surface area contributed by atoms with E-state index in [1.165, 1.54) is 12.1 Å². The average Bonchev–Trinajstić information content (AvgIpc) is 3.11. The number of nitrogens with one attached hydrogen (secondary N) is 1. The van der Waals surface area contributed by atoms with Gasteiger partial charge in [-0.05, 0) is 36.2 Å². The Morgan fingerprint density at radius 1 is 1.03 bits per heavy atom.